The third-order valence-electron chi connectivity index (χ3n) is 6.26. The third kappa shape index (κ3) is 5.54. The molecular weight excluding hydrogens is 430 g/mol. The topological polar surface area (TPSA) is 30.8 Å². The number of allylic oxidation sites excluding steroid dienone is 1. The van der Waals surface area contributed by atoms with E-state index in [0.717, 1.165) is 45.9 Å². The molecule has 0 bridgehead atoms. The fourth-order valence-corrected chi connectivity index (χ4v) is 4.32. The maximum absolute atomic E-state index is 5.40. The van der Waals surface area contributed by atoms with Crippen molar-refractivity contribution in [2.45, 2.75) is 26.2 Å². The number of aliphatic imine (C=N–C) groups is 1. The van der Waals surface area contributed by atoms with Crippen LogP contribution in [0, 0.1) is 6.92 Å². The number of hydrogen-bond donors (Lipinski definition) is 0. The van der Waals surface area contributed by atoms with Crippen molar-refractivity contribution in [3.8, 4) is 11.5 Å². The highest BCUT2D eigenvalue weighted by atomic mass is 16.5. The zero-order valence-electron chi connectivity index (χ0n) is 20.8. The molecule has 0 heterocycles. The van der Waals surface area contributed by atoms with Gasteiger partial charge in [0.25, 0.3) is 0 Å². The third-order valence-corrected chi connectivity index (χ3v) is 6.26. The smallest absolute Gasteiger partial charge is 0.118 e. The van der Waals surface area contributed by atoms with E-state index in [2.05, 4.69) is 86.4 Å². The quantitative estimate of drug-likeness (QED) is 0.197. The molecule has 0 saturated heterocycles. The molecule has 0 amide bonds. The van der Waals surface area contributed by atoms with Crippen molar-refractivity contribution in [3.63, 3.8) is 0 Å². The average Bonchev–Trinajstić information content (AvgIpc) is 2.92. The second-order valence-electron chi connectivity index (χ2n) is 8.41. The Morgan fingerprint density at radius 3 is 1.83 bits per heavy atom. The molecule has 0 fully saturated rings. The number of para-hydroxylation sites is 1. The van der Waals surface area contributed by atoms with Crippen LogP contribution in [0.25, 0.3) is 5.57 Å². The van der Waals surface area contributed by atoms with Crippen LogP contribution in [0.5, 0.6) is 11.5 Å². The molecule has 0 unspecified atom stereocenters. The molecule has 3 heteroatoms. The Morgan fingerprint density at radius 1 is 0.743 bits per heavy atom. The molecule has 0 radical (unpaired) electrons. The normalized spacial score (nSPS) is 10.5. The van der Waals surface area contributed by atoms with E-state index in [1.807, 2.05) is 30.3 Å². The van der Waals surface area contributed by atoms with Crippen molar-refractivity contribution in [3.05, 3.63) is 125 Å². The maximum atomic E-state index is 5.40. The number of benzene rings is 4. The van der Waals surface area contributed by atoms with Gasteiger partial charge in [0, 0.05) is 11.5 Å². The van der Waals surface area contributed by atoms with Crippen molar-refractivity contribution in [1.82, 2.24) is 0 Å². The van der Waals surface area contributed by atoms with Crippen LogP contribution in [0.1, 0.15) is 47.1 Å². The van der Waals surface area contributed by atoms with E-state index in [1.165, 1.54) is 11.1 Å². The number of ether oxygens (including phenoxy) is 2. The first-order valence-corrected chi connectivity index (χ1v) is 11.9. The number of methoxy groups -OCH3 is 2. The minimum Gasteiger partial charge on any atom is -0.497 e. The highest BCUT2D eigenvalue weighted by molar-refractivity contribution is 5.91. The summed E-state index contributed by atoms with van der Waals surface area (Å²) in [5.41, 5.74) is 7.77. The zero-order chi connectivity index (χ0) is 24.6. The van der Waals surface area contributed by atoms with Crippen LogP contribution >= 0.6 is 0 Å². The lowest BCUT2D eigenvalue weighted by Crippen LogP contribution is -2.05. The van der Waals surface area contributed by atoms with Gasteiger partial charge in [-0.1, -0.05) is 79.7 Å². The molecule has 0 aromatic heterocycles. The molecule has 0 saturated carbocycles. The van der Waals surface area contributed by atoms with Gasteiger partial charge in [-0.05, 0) is 71.3 Å². The predicted molar refractivity (Wildman–Crippen MR) is 145 cm³/mol. The molecule has 0 aliphatic rings. The van der Waals surface area contributed by atoms with E-state index in [0.29, 0.717) is 0 Å². The summed E-state index contributed by atoms with van der Waals surface area (Å²) in [6.07, 6.45) is 0.856. The van der Waals surface area contributed by atoms with Crippen LogP contribution in [0.15, 0.2) is 102 Å². The number of nitrogens with zero attached hydrogens (tertiary/aromatic N) is 1. The second-order valence-corrected chi connectivity index (χ2v) is 8.41. The summed E-state index contributed by atoms with van der Waals surface area (Å²) >= 11 is 0. The van der Waals surface area contributed by atoms with Crippen molar-refractivity contribution >= 4 is 17.1 Å². The van der Waals surface area contributed by atoms with Crippen LogP contribution in [0.4, 0.5) is 5.69 Å². The maximum Gasteiger partial charge on any atom is 0.118 e. The highest BCUT2D eigenvalue weighted by Crippen LogP contribution is 2.39. The fourth-order valence-electron chi connectivity index (χ4n) is 4.32. The Morgan fingerprint density at radius 2 is 1.31 bits per heavy atom. The van der Waals surface area contributed by atoms with Crippen LogP contribution in [-0.2, 0) is 0 Å². The lowest BCUT2D eigenvalue weighted by atomic mass is 9.83. The zero-order valence-corrected chi connectivity index (χ0v) is 20.8. The Kier molecular flexibility index (Phi) is 7.82. The van der Waals surface area contributed by atoms with Gasteiger partial charge in [0.15, 0.2) is 0 Å². The summed E-state index contributed by atoms with van der Waals surface area (Å²) < 4.78 is 10.8. The standard InChI is InChI=1S/C32H31NO2/c1-5-24(25-11-7-6-8-12-25)22-33-32-23(2)10-9-13-30(32)31(26-14-18-28(34-3)19-15-26)27-16-20-29(35-4)21-17-27/h6-21,31H,5H2,1-4H3. The summed E-state index contributed by atoms with van der Waals surface area (Å²) in [7, 11) is 3.38. The fraction of sp³-hybridized carbons (Fsp3) is 0.188. The summed E-state index contributed by atoms with van der Waals surface area (Å²) in [6, 6.07) is 33.3. The van der Waals surface area contributed by atoms with E-state index >= 15 is 0 Å². The molecule has 4 rings (SSSR count). The van der Waals surface area contributed by atoms with Gasteiger partial charge in [-0.15, -0.1) is 0 Å². The Labute approximate surface area is 208 Å². The van der Waals surface area contributed by atoms with Gasteiger partial charge in [0.2, 0.25) is 0 Å². The first kappa shape index (κ1) is 24.1. The van der Waals surface area contributed by atoms with Gasteiger partial charge < -0.3 is 9.47 Å². The largest absolute Gasteiger partial charge is 0.497 e. The molecule has 0 aliphatic heterocycles. The summed E-state index contributed by atoms with van der Waals surface area (Å²) in [5.74, 6) is 5.05. The number of hydrogen-bond acceptors (Lipinski definition) is 3. The van der Waals surface area contributed by atoms with Gasteiger partial charge in [-0.25, -0.2) is 4.99 Å². The van der Waals surface area contributed by atoms with Crippen molar-refractivity contribution < 1.29 is 9.47 Å². The minimum absolute atomic E-state index is 0.00550. The molecule has 0 spiro atoms. The van der Waals surface area contributed by atoms with Crippen molar-refractivity contribution in [2.75, 3.05) is 14.2 Å². The minimum atomic E-state index is -0.00550. The van der Waals surface area contributed by atoms with Gasteiger partial charge in [0.05, 0.1) is 19.9 Å². The molecule has 0 atom stereocenters. The van der Waals surface area contributed by atoms with Gasteiger partial charge in [-0.3, -0.25) is 0 Å². The molecule has 3 nitrogen and oxygen atoms in total. The van der Waals surface area contributed by atoms with Crippen LogP contribution < -0.4 is 9.47 Å². The monoisotopic (exact) mass is 461 g/mol. The number of rotatable bonds is 8. The van der Waals surface area contributed by atoms with Crippen LogP contribution in [-0.4, -0.2) is 20.1 Å². The van der Waals surface area contributed by atoms with E-state index in [9.17, 15) is 0 Å². The van der Waals surface area contributed by atoms with E-state index < -0.39 is 0 Å². The molecule has 4 aromatic rings. The first-order chi connectivity index (χ1) is 17.1. The summed E-state index contributed by atoms with van der Waals surface area (Å²) in [4.78, 5) is 4.96. The highest BCUT2D eigenvalue weighted by Gasteiger charge is 2.21. The lowest BCUT2D eigenvalue weighted by molar-refractivity contribution is 0.414. The van der Waals surface area contributed by atoms with Crippen LogP contribution in [0.2, 0.25) is 0 Å². The molecule has 176 valence electrons. The SMILES string of the molecule is CCC(=C=Nc1c(C)cccc1C(c1ccc(OC)cc1)c1ccc(OC)cc1)c1ccccc1. The van der Waals surface area contributed by atoms with E-state index in [-0.39, 0.29) is 5.92 Å². The summed E-state index contributed by atoms with van der Waals surface area (Å²) in [6.45, 7) is 4.25. The summed E-state index contributed by atoms with van der Waals surface area (Å²) in [5, 5.41) is 0. The second kappa shape index (κ2) is 11.4. The van der Waals surface area contributed by atoms with E-state index in [1.54, 1.807) is 14.2 Å². The van der Waals surface area contributed by atoms with Crippen molar-refractivity contribution in [2.24, 2.45) is 4.99 Å². The molecule has 4 aromatic carbocycles. The Balaban J connectivity index is 1.89. The van der Waals surface area contributed by atoms with Gasteiger partial charge >= 0.3 is 0 Å². The Hall–Kier alpha value is -4.07. The molecule has 0 N–H and O–H groups in total. The number of aryl methyl sites for hydroxylation is 1. The Bertz CT molecular complexity index is 1270. The lowest BCUT2D eigenvalue weighted by Gasteiger charge is -2.22. The molecule has 0 aliphatic carbocycles. The van der Waals surface area contributed by atoms with Crippen LogP contribution in [0.3, 0.4) is 0 Å². The van der Waals surface area contributed by atoms with Gasteiger partial charge in [-0.2, -0.15) is 0 Å². The molecular formula is C32H31NO2. The van der Waals surface area contributed by atoms with Gasteiger partial charge in [0.1, 0.15) is 11.5 Å². The predicted octanol–water partition coefficient (Wildman–Crippen LogP) is 7.99. The molecule has 35 heavy (non-hydrogen) atoms. The van der Waals surface area contributed by atoms with Crippen molar-refractivity contribution in [1.29, 1.82) is 0 Å². The average molecular weight is 462 g/mol. The van der Waals surface area contributed by atoms with E-state index in [4.69, 9.17) is 14.5 Å². The first-order valence-electron chi connectivity index (χ1n) is 11.9.